The van der Waals surface area contributed by atoms with Gasteiger partial charge in [-0.15, -0.1) is 0 Å². The summed E-state index contributed by atoms with van der Waals surface area (Å²) in [6, 6.07) is 7.09. The van der Waals surface area contributed by atoms with Gasteiger partial charge in [0.25, 0.3) is 0 Å². The van der Waals surface area contributed by atoms with Gasteiger partial charge in [0.05, 0.1) is 0 Å². The van der Waals surface area contributed by atoms with Crippen LogP contribution in [0.3, 0.4) is 0 Å². The number of piperidine rings is 1. The van der Waals surface area contributed by atoms with Crippen LogP contribution < -0.4 is 16.0 Å². The van der Waals surface area contributed by atoms with Crippen molar-refractivity contribution in [3.8, 4) is 0 Å². The topological polar surface area (TPSA) is 73.5 Å². The highest BCUT2D eigenvalue weighted by Crippen LogP contribution is 2.14. The van der Waals surface area contributed by atoms with Gasteiger partial charge in [0.2, 0.25) is 5.91 Å². The third-order valence-corrected chi connectivity index (χ3v) is 3.52. The summed E-state index contributed by atoms with van der Waals surface area (Å²) in [5.74, 6) is -0.115. The molecule has 0 radical (unpaired) electrons. The van der Waals surface area contributed by atoms with E-state index in [0.717, 1.165) is 25.9 Å². The summed E-state index contributed by atoms with van der Waals surface area (Å²) in [5, 5.41) is 8.48. The third kappa shape index (κ3) is 5.07. The van der Waals surface area contributed by atoms with Crippen LogP contribution >= 0.6 is 0 Å². The summed E-state index contributed by atoms with van der Waals surface area (Å²) < 4.78 is 0. The first-order chi connectivity index (χ1) is 10.0. The van der Waals surface area contributed by atoms with Gasteiger partial charge in [0.1, 0.15) is 0 Å². The molecule has 1 fully saturated rings. The normalized spacial score (nSPS) is 16.3. The first-order valence-corrected chi connectivity index (χ1v) is 7.16. The minimum absolute atomic E-state index is 0.115. The van der Waals surface area contributed by atoms with E-state index in [1.807, 2.05) is 0 Å². The van der Waals surface area contributed by atoms with Crippen LogP contribution in [0.4, 0.5) is 16.2 Å². The number of carbonyl (C=O) groups excluding carboxylic acids is 2. The molecule has 3 amide bonds. The van der Waals surface area contributed by atoms with E-state index in [2.05, 4.69) is 27.9 Å². The molecule has 1 saturated heterocycles. The molecular formula is C15H22N4O2. The molecule has 0 atom stereocenters. The maximum atomic E-state index is 11.9. The van der Waals surface area contributed by atoms with Gasteiger partial charge in [0, 0.05) is 24.3 Å². The second kappa shape index (κ2) is 7.08. The van der Waals surface area contributed by atoms with Crippen LogP contribution in [0.2, 0.25) is 0 Å². The zero-order valence-corrected chi connectivity index (χ0v) is 12.5. The summed E-state index contributed by atoms with van der Waals surface area (Å²) >= 11 is 0. The Bertz CT molecular complexity index is 493. The molecular weight excluding hydrogens is 268 g/mol. The van der Waals surface area contributed by atoms with Crippen molar-refractivity contribution in [1.82, 2.24) is 10.2 Å². The smallest absolute Gasteiger partial charge is 0.319 e. The Balaban J connectivity index is 1.80. The van der Waals surface area contributed by atoms with E-state index in [1.54, 1.807) is 24.3 Å². The fraction of sp³-hybridized carbons (Fsp3) is 0.467. The van der Waals surface area contributed by atoms with E-state index in [-0.39, 0.29) is 18.0 Å². The first-order valence-electron chi connectivity index (χ1n) is 7.16. The lowest BCUT2D eigenvalue weighted by atomic mass is 10.1. The van der Waals surface area contributed by atoms with Gasteiger partial charge in [-0.3, -0.25) is 4.79 Å². The molecule has 6 nitrogen and oxygen atoms in total. The summed E-state index contributed by atoms with van der Waals surface area (Å²) in [5.41, 5.74) is 1.42. The summed E-state index contributed by atoms with van der Waals surface area (Å²) in [6.07, 6.45) is 1.96. The Morgan fingerprint density at radius 2 is 1.57 bits per heavy atom. The fourth-order valence-electron chi connectivity index (χ4n) is 2.35. The highest BCUT2D eigenvalue weighted by atomic mass is 16.2. The average molecular weight is 290 g/mol. The molecule has 0 spiro atoms. The van der Waals surface area contributed by atoms with Crippen molar-refractivity contribution in [2.45, 2.75) is 25.8 Å². The Labute approximate surface area is 124 Å². The summed E-state index contributed by atoms with van der Waals surface area (Å²) in [4.78, 5) is 25.1. The Morgan fingerprint density at radius 1 is 1.05 bits per heavy atom. The van der Waals surface area contributed by atoms with Gasteiger partial charge < -0.3 is 20.9 Å². The standard InChI is InChI=1S/C15H22N4O2/c1-11(20)16-12-3-5-13(6-4-12)17-15(21)18-14-7-9-19(2)10-8-14/h3-6,14H,7-10H2,1-2H3,(H,16,20)(H2,17,18,21). The van der Waals surface area contributed by atoms with Crippen LogP contribution in [0, 0.1) is 0 Å². The number of carbonyl (C=O) groups is 2. The van der Waals surface area contributed by atoms with E-state index in [4.69, 9.17) is 0 Å². The van der Waals surface area contributed by atoms with Crippen LogP contribution in [0.25, 0.3) is 0 Å². The quantitative estimate of drug-likeness (QED) is 0.795. The molecule has 1 aliphatic rings. The third-order valence-electron chi connectivity index (χ3n) is 3.52. The van der Waals surface area contributed by atoms with Crippen LogP contribution in [0.5, 0.6) is 0 Å². The predicted octanol–water partition coefficient (Wildman–Crippen LogP) is 1.86. The molecule has 1 aliphatic heterocycles. The van der Waals surface area contributed by atoms with Crippen LogP contribution in [0.1, 0.15) is 19.8 Å². The van der Waals surface area contributed by atoms with Crippen LogP contribution in [0.15, 0.2) is 24.3 Å². The molecule has 6 heteroatoms. The number of urea groups is 1. The zero-order chi connectivity index (χ0) is 15.2. The van der Waals surface area contributed by atoms with E-state index >= 15 is 0 Å². The number of hydrogen-bond acceptors (Lipinski definition) is 3. The Kier molecular flexibility index (Phi) is 5.16. The summed E-state index contributed by atoms with van der Waals surface area (Å²) in [7, 11) is 2.09. The van der Waals surface area contributed by atoms with Crippen LogP contribution in [-0.2, 0) is 4.79 Å². The lowest BCUT2D eigenvalue weighted by Crippen LogP contribution is -2.44. The molecule has 0 aromatic heterocycles. The van der Waals surface area contributed by atoms with E-state index in [1.165, 1.54) is 6.92 Å². The van der Waals surface area contributed by atoms with Gasteiger partial charge in [-0.25, -0.2) is 4.79 Å². The number of anilines is 2. The highest BCUT2D eigenvalue weighted by Gasteiger charge is 2.18. The van der Waals surface area contributed by atoms with Gasteiger partial charge >= 0.3 is 6.03 Å². The highest BCUT2D eigenvalue weighted by molar-refractivity contribution is 5.91. The van der Waals surface area contributed by atoms with E-state index in [0.29, 0.717) is 11.4 Å². The molecule has 0 aliphatic carbocycles. The first kappa shape index (κ1) is 15.3. The molecule has 1 aromatic rings. The predicted molar refractivity (Wildman–Crippen MR) is 83.4 cm³/mol. The lowest BCUT2D eigenvalue weighted by Gasteiger charge is -2.29. The van der Waals surface area contributed by atoms with Crippen molar-refractivity contribution in [3.63, 3.8) is 0 Å². The maximum Gasteiger partial charge on any atom is 0.319 e. The Hall–Kier alpha value is -2.08. The molecule has 0 unspecified atom stereocenters. The number of nitrogens with zero attached hydrogens (tertiary/aromatic N) is 1. The second-order valence-electron chi connectivity index (χ2n) is 5.43. The molecule has 0 saturated carbocycles. The maximum absolute atomic E-state index is 11.9. The van der Waals surface area contributed by atoms with Gasteiger partial charge in [0.15, 0.2) is 0 Å². The molecule has 1 heterocycles. The average Bonchev–Trinajstić information content (AvgIpc) is 2.43. The number of amides is 3. The number of rotatable bonds is 3. The minimum Gasteiger partial charge on any atom is -0.335 e. The second-order valence-corrected chi connectivity index (χ2v) is 5.43. The van der Waals surface area contributed by atoms with Crippen LogP contribution in [-0.4, -0.2) is 43.0 Å². The zero-order valence-electron chi connectivity index (χ0n) is 12.5. The fourth-order valence-corrected chi connectivity index (χ4v) is 2.35. The van der Waals surface area contributed by atoms with Crippen molar-refractivity contribution < 1.29 is 9.59 Å². The van der Waals surface area contributed by atoms with Gasteiger partial charge in [-0.1, -0.05) is 0 Å². The number of likely N-dealkylation sites (tertiary alicyclic amines) is 1. The molecule has 3 N–H and O–H groups in total. The monoisotopic (exact) mass is 290 g/mol. The lowest BCUT2D eigenvalue weighted by molar-refractivity contribution is -0.114. The molecule has 2 rings (SSSR count). The van der Waals surface area contributed by atoms with Crippen molar-refractivity contribution in [2.75, 3.05) is 30.8 Å². The molecule has 21 heavy (non-hydrogen) atoms. The number of nitrogens with one attached hydrogen (secondary N) is 3. The van der Waals surface area contributed by atoms with E-state index < -0.39 is 0 Å². The molecule has 1 aromatic carbocycles. The van der Waals surface area contributed by atoms with Crippen molar-refractivity contribution in [3.05, 3.63) is 24.3 Å². The largest absolute Gasteiger partial charge is 0.335 e. The summed E-state index contributed by atoms with van der Waals surface area (Å²) in [6.45, 7) is 3.48. The SMILES string of the molecule is CC(=O)Nc1ccc(NC(=O)NC2CCN(C)CC2)cc1. The number of benzene rings is 1. The Morgan fingerprint density at radius 3 is 2.10 bits per heavy atom. The van der Waals surface area contributed by atoms with Crippen molar-refractivity contribution >= 4 is 23.3 Å². The molecule has 114 valence electrons. The van der Waals surface area contributed by atoms with Crippen molar-refractivity contribution in [1.29, 1.82) is 0 Å². The molecule has 0 bridgehead atoms. The minimum atomic E-state index is -0.183. The van der Waals surface area contributed by atoms with Crippen molar-refractivity contribution in [2.24, 2.45) is 0 Å². The van der Waals surface area contributed by atoms with Gasteiger partial charge in [-0.05, 0) is 57.2 Å². The van der Waals surface area contributed by atoms with Gasteiger partial charge in [-0.2, -0.15) is 0 Å². The van der Waals surface area contributed by atoms with E-state index in [9.17, 15) is 9.59 Å². The number of hydrogen-bond donors (Lipinski definition) is 3.